The molecule has 20 heavy (non-hydrogen) atoms. The molecule has 1 aliphatic heterocycles. The van der Waals surface area contributed by atoms with Crippen molar-refractivity contribution in [3.8, 4) is 0 Å². The van der Waals surface area contributed by atoms with Gasteiger partial charge < -0.3 is 4.74 Å². The van der Waals surface area contributed by atoms with Crippen molar-refractivity contribution in [2.45, 2.75) is 45.6 Å². The van der Waals surface area contributed by atoms with Gasteiger partial charge in [-0.25, -0.2) is 9.78 Å². The fourth-order valence-corrected chi connectivity index (χ4v) is 1.98. The van der Waals surface area contributed by atoms with Crippen LogP contribution in [-0.2, 0) is 4.74 Å². The average Bonchev–Trinajstić information content (AvgIpc) is 2.38. The van der Waals surface area contributed by atoms with Crippen LogP contribution in [0.2, 0.25) is 0 Å². The van der Waals surface area contributed by atoms with Gasteiger partial charge in [-0.05, 0) is 52.2 Å². The van der Waals surface area contributed by atoms with Crippen LogP contribution in [0.4, 0.5) is 10.6 Å². The number of pyridine rings is 1. The van der Waals surface area contributed by atoms with E-state index in [0.717, 1.165) is 30.7 Å². The number of amides is 1. The molecule has 2 rings (SSSR count). The number of carbonyl (C=O) groups excluding carboxylic acids is 1. The third-order valence-electron chi connectivity index (χ3n) is 2.85. The highest BCUT2D eigenvalue weighted by molar-refractivity contribution is 6.00. The summed E-state index contributed by atoms with van der Waals surface area (Å²) in [5, 5.41) is 2.62. The second-order valence-corrected chi connectivity index (χ2v) is 5.84. The van der Waals surface area contributed by atoms with Crippen LogP contribution in [0.5, 0.6) is 0 Å². The summed E-state index contributed by atoms with van der Waals surface area (Å²) in [6.45, 7) is 6.37. The quantitative estimate of drug-likeness (QED) is 0.899. The summed E-state index contributed by atoms with van der Waals surface area (Å²) in [5.74, 6) is 0.486. The summed E-state index contributed by atoms with van der Waals surface area (Å²) in [6, 6.07) is 3.71. The minimum atomic E-state index is -0.513. The van der Waals surface area contributed by atoms with Crippen molar-refractivity contribution in [1.29, 1.82) is 0 Å². The summed E-state index contributed by atoms with van der Waals surface area (Å²) in [7, 11) is 0. The van der Waals surface area contributed by atoms with Gasteiger partial charge >= 0.3 is 6.09 Å². The molecule has 0 bridgehead atoms. The van der Waals surface area contributed by atoms with Crippen molar-refractivity contribution < 1.29 is 9.53 Å². The minimum Gasteiger partial charge on any atom is -0.444 e. The van der Waals surface area contributed by atoms with Gasteiger partial charge in [-0.3, -0.25) is 10.3 Å². The third kappa shape index (κ3) is 4.33. The molecule has 0 spiro atoms. The first-order valence-corrected chi connectivity index (χ1v) is 6.94. The molecule has 5 heteroatoms. The van der Waals surface area contributed by atoms with Gasteiger partial charge in [-0.15, -0.1) is 0 Å². The van der Waals surface area contributed by atoms with Crippen molar-refractivity contribution in [3.63, 3.8) is 0 Å². The molecule has 0 aliphatic carbocycles. The van der Waals surface area contributed by atoms with Gasteiger partial charge in [0.25, 0.3) is 0 Å². The molecule has 1 N–H and O–H groups in total. The van der Waals surface area contributed by atoms with E-state index in [1.54, 1.807) is 12.3 Å². The first-order chi connectivity index (χ1) is 9.44. The zero-order chi connectivity index (χ0) is 14.6. The van der Waals surface area contributed by atoms with Crippen LogP contribution in [0.25, 0.3) is 0 Å². The first-order valence-electron chi connectivity index (χ1n) is 6.94. The average molecular weight is 275 g/mol. The Morgan fingerprint density at radius 2 is 2.10 bits per heavy atom. The summed E-state index contributed by atoms with van der Waals surface area (Å²) in [4.78, 5) is 20.4. The number of ether oxygens (including phenoxy) is 1. The molecule has 0 fully saturated rings. The Morgan fingerprint density at radius 3 is 2.65 bits per heavy atom. The summed E-state index contributed by atoms with van der Waals surface area (Å²) in [5.41, 5.74) is 1.62. The Morgan fingerprint density at radius 1 is 1.30 bits per heavy atom. The predicted molar refractivity (Wildman–Crippen MR) is 79.3 cm³/mol. The van der Waals surface area contributed by atoms with Gasteiger partial charge in [-0.2, -0.15) is 0 Å². The number of aromatic nitrogens is 1. The van der Waals surface area contributed by atoms with Crippen LogP contribution < -0.4 is 5.32 Å². The molecule has 1 aromatic heterocycles. The van der Waals surface area contributed by atoms with Crippen molar-refractivity contribution in [1.82, 2.24) is 4.98 Å². The number of nitrogens with zero attached hydrogens (tertiary/aromatic N) is 2. The molecule has 1 aromatic rings. The highest BCUT2D eigenvalue weighted by atomic mass is 16.6. The number of hydrogen-bond acceptors (Lipinski definition) is 4. The van der Waals surface area contributed by atoms with E-state index in [2.05, 4.69) is 15.3 Å². The molecule has 0 saturated carbocycles. The normalized spacial score (nSPS) is 15.4. The molecule has 1 aliphatic rings. The fourth-order valence-electron chi connectivity index (χ4n) is 1.98. The number of anilines is 1. The lowest BCUT2D eigenvalue weighted by atomic mass is 10.0. The molecule has 0 radical (unpaired) electrons. The first kappa shape index (κ1) is 14.5. The Bertz CT molecular complexity index is 501. The lowest BCUT2D eigenvalue weighted by Crippen LogP contribution is -2.27. The van der Waals surface area contributed by atoms with E-state index in [9.17, 15) is 4.79 Å². The number of carbonyl (C=O) groups is 1. The van der Waals surface area contributed by atoms with Crippen LogP contribution in [-0.4, -0.2) is 28.9 Å². The Labute approximate surface area is 119 Å². The largest absolute Gasteiger partial charge is 0.444 e. The van der Waals surface area contributed by atoms with Crippen molar-refractivity contribution in [2.75, 3.05) is 11.9 Å². The van der Waals surface area contributed by atoms with Crippen molar-refractivity contribution in [2.24, 2.45) is 4.99 Å². The van der Waals surface area contributed by atoms with E-state index in [0.29, 0.717) is 5.82 Å². The van der Waals surface area contributed by atoms with Crippen molar-refractivity contribution in [3.05, 3.63) is 23.9 Å². The molecular formula is C15H21N3O2. The van der Waals surface area contributed by atoms with E-state index < -0.39 is 11.7 Å². The van der Waals surface area contributed by atoms with Crippen LogP contribution in [0.15, 0.2) is 23.3 Å². The second-order valence-electron chi connectivity index (χ2n) is 5.84. The maximum Gasteiger partial charge on any atom is 0.413 e. The Balaban J connectivity index is 1.98. The molecule has 0 saturated heterocycles. The number of aliphatic imine (C=N–C) groups is 1. The van der Waals surface area contributed by atoms with Crippen LogP contribution >= 0.6 is 0 Å². The Hall–Kier alpha value is -1.91. The maximum atomic E-state index is 11.6. The zero-order valence-electron chi connectivity index (χ0n) is 12.3. The summed E-state index contributed by atoms with van der Waals surface area (Å²) in [6.07, 6.45) is 4.59. The van der Waals surface area contributed by atoms with Gasteiger partial charge in [0.1, 0.15) is 11.4 Å². The number of hydrogen-bond donors (Lipinski definition) is 1. The van der Waals surface area contributed by atoms with Gasteiger partial charge in [-0.1, -0.05) is 0 Å². The second kappa shape index (κ2) is 6.03. The van der Waals surface area contributed by atoms with Crippen LogP contribution in [0, 0.1) is 0 Å². The summed E-state index contributed by atoms with van der Waals surface area (Å²) >= 11 is 0. The van der Waals surface area contributed by atoms with E-state index in [4.69, 9.17) is 4.74 Å². The molecule has 2 heterocycles. The van der Waals surface area contributed by atoms with Gasteiger partial charge in [0, 0.05) is 24.0 Å². The van der Waals surface area contributed by atoms with Crippen LogP contribution in [0.3, 0.4) is 0 Å². The van der Waals surface area contributed by atoms with Crippen LogP contribution in [0.1, 0.15) is 45.6 Å². The smallest absolute Gasteiger partial charge is 0.413 e. The molecule has 0 aromatic carbocycles. The number of rotatable bonds is 2. The third-order valence-corrected chi connectivity index (χ3v) is 2.85. The number of nitrogens with one attached hydrogen (secondary N) is 1. The Kier molecular flexibility index (Phi) is 4.37. The van der Waals surface area contributed by atoms with E-state index in [1.807, 2.05) is 26.8 Å². The minimum absolute atomic E-state index is 0.486. The van der Waals surface area contributed by atoms with Gasteiger partial charge in [0.15, 0.2) is 0 Å². The maximum absolute atomic E-state index is 11.6. The lowest BCUT2D eigenvalue weighted by molar-refractivity contribution is 0.0635. The molecular weight excluding hydrogens is 254 g/mol. The van der Waals surface area contributed by atoms with E-state index >= 15 is 0 Å². The predicted octanol–water partition coefficient (Wildman–Crippen LogP) is 3.40. The SMILES string of the molecule is CC(C)(C)OC(=O)Nc1ccc(C2=NCCCC2)cn1. The van der Waals surface area contributed by atoms with Crippen molar-refractivity contribution >= 4 is 17.6 Å². The standard InChI is InChI=1S/C15H21N3O2/c1-15(2,3)20-14(19)18-13-8-7-11(10-17-13)12-6-4-5-9-16-12/h7-8,10H,4-6,9H2,1-3H3,(H,17,18,19). The molecule has 0 unspecified atom stereocenters. The lowest BCUT2D eigenvalue weighted by Gasteiger charge is -2.19. The molecule has 108 valence electrons. The zero-order valence-corrected chi connectivity index (χ0v) is 12.3. The van der Waals surface area contributed by atoms with Gasteiger partial charge in [0.2, 0.25) is 0 Å². The molecule has 5 nitrogen and oxygen atoms in total. The highest BCUT2D eigenvalue weighted by Gasteiger charge is 2.16. The topological polar surface area (TPSA) is 63.6 Å². The fraction of sp³-hybridized carbons (Fsp3) is 0.533. The molecule has 1 amide bonds. The summed E-state index contributed by atoms with van der Waals surface area (Å²) < 4.78 is 5.17. The monoisotopic (exact) mass is 275 g/mol. The highest BCUT2D eigenvalue weighted by Crippen LogP contribution is 2.15. The van der Waals surface area contributed by atoms with Gasteiger partial charge in [0.05, 0.1) is 0 Å². The molecule has 0 atom stereocenters. The van der Waals surface area contributed by atoms with E-state index in [1.165, 1.54) is 6.42 Å². The van der Waals surface area contributed by atoms with E-state index in [-0.39, 0.29) is 0 Å².